The third kappa shape index (κ3) is 2.94. The molecule has 0 saturated carbocycles. The minimum atomic E-state index is -0.806. The van der Waals surface area contributed by atoms with Gasteiger partial charge in [-0.05, 0) is 49.6 Å². The van der Waals surface area contributed by atoms with E-state index < -0.39 is 6.10 Å². The number of aryl methyl sites for hydroxylation is 3. The van der Waals surface area contributed by atoms with Crippen LogP contribution in [0.1, 0.15) is 33.9 Å². The van der Waals surface area contributed by atoms with Gasteiger partial charge in [0.2, 0.25) is 0 Å². The number of aliphatic hydroxyl groups is 1. The van der Waals surface area contributed by atoms with E-state index in [1.807, 2.05) is 51.1 Å². The Hall–Kier alpha value is -1.02. The average Bonchev–Trinajstić information content (AvgIpc) is 2.33. The summed E-state index contributed by atoms with van der Waals surface area (Å²) in [6.45, 7) is 5.96. The molecule has 0 aromatic heterocycles. The first-order chi connectivity index (χ1) is 8.90. The molecule has 19 heavy (non-hydrogen) atoms. The first-order valence-corrected chi connectivity index (χ1v) is 6.86. The maximum absolute atomic E-state index is 10.5. The minimum absolute atomic E-state index is 0.557. The van der Waals surface area contributed by atoms with Crippen LogP contribution in [0.5, 0.6) is 0 Å². The van der Waals surface area contributed by atoms with Crippen LogP contribution in [0.15, 0.2) is 30.3 Å². The van der Waals surface area contributed by atoms with Crippen molar-refractivity contribution in [2.75, 3.05) is 0 Å². The molecular weight excluding hydrogens is 279 g/mol. The highest BCUT2D eigenvalue weighted by Gasteiger charge is 2.17. The van der Waals surface area contributed by atoms with Crippen molar-refractivity contribution in [2.24, 2.45) is 0 Å². The van der Waals surface area contributed by atoms with E-state index in [9.17, 15) is 5.11 Å². The van der Waals surface area contributed by atoms with E-state index in [0.717, 1.165) is 16.7 Å². The van der Waals surface area contributed by atoms with Crippen molar-refractivity contribution >= 4 is 23.2 Å². The average molecular weight is 295 g/mol. The first kappa shape index (κ1) is 14.4. The third-order valence-corrected chi connectivity index (χ3v) is 4.01. The zero-order chi connectivity index (χ0) is 14.2. The van der Waals surface area contributed by atoms with Gasteiger partial charge in [0.05, 0.1) is 0 Å². The SMILES string of the molecule is Cc1ccc(C(O)c2cc(C)c(C)cc2Cl)c(Cl)c1. The van der Waals surface area contributed by atoms with Gasteiger partial charge in [-0.25, -0.2) is 0 Å². The molecule has 3 heteroatoms. The number of rotatable bonds is 2. The van der Waals surface area contributed by atoms with Gasteiger partial charge in [0.1, 0.15) is 6.10 Å². The molecule has 0 radical (unpaired) electrons. The smallest absolute Gasteiger partial charge is 0.107 e. The molecule has 2 rings (SSSR count). The fourth-order valence-corrected chi connectivity index (χ4v) is 2.69. The van der Waals surface area contributed by atoms with Crippen LogP contribution in [0.4, 0.5) is 0 Å². The summed E-state index contributed by atoms with van der Waals surface area (Å²) in [5.41, 5.74) is 4.64. The van der Waals surface area contributed by atoms with E-state index in [2.05, 4.69) is 0 Å². The van der Waals surface area contributed by atoms with Crippen LogP contribution in [0.3, 0.4) is 0 Å². The zero-order valence-electron chi connectivity index (χ0n) is 11.2. The zero-order valence-corrected chi connectivity index (χ0v) is 12.7. The molecular formula is C16H16Cl2O. The largest absolute Gasteiger partial charge is 0.384 e. The maximum atomic E-state index is 10.5. The number of halogens is 2. The number of aliphatic hydroxyl groups excluding tert-OH is 1. The standard InChI is InChI=1S/C16H16Cl2O/c1-9-4-5-12(14(17)6-9)16(19)13-7-10(2)11(3)8-15(13)18/h4-8,16,19H,1-3H3. The van der Waals surface area contributed by atoms with Gasteiger partial charge in [0.15, 0.2) is 0 Å². The third-order valence-electron chi connectivity index (χ3n) is 3.36. The Balaban J connectivity index is 2.49. The molecule has 1 N–H and O–H groups in total. The first-order valence-electron chi connectivity index (χ1n) is 6.11. The van der Waals surface area contributed by atoms with Crippen molar-refractivity contribution in [3.8, 4) is 0 Å². The second-order valence-electron chi connectivity index (χ2n) is 4.89. The van der Waals surface area contributed by atoms with E-state index in [-0.39, 0.29) is 0 Å². The van der Waals surface area contributed by atoms with Crippen LogP contribution in [-0.2, 0) is 0 Å². The van der Waals surface area contributed by atoms with Crippen molar-refractivity contribution in [2.45, 2.75) is 26.9 Å². The molecule has 0 spiro atoms. The molecule has 0 aliphatic carbocycles. The van der Waals surface area contributed by atoms with Gasteiger partial charge in [-0.1, -0.05) is 41.4 Å². The van der Waals surface area contributed by atoms with Gasteiger partial charge in [0.25, 0.3) is 0 Å². The molecule has 1 atom stereocenters. The fraction of sp³-hybridized carbons (Fsp3) is 0.250. The Morgan fingerprint density at radius 2 is 1.42 bits per heavy atom. The van der Waals surface area contributed by atoms with E-state index in [4.69, 9.17) is 23.2 Å². The molecule has 1 nitrogen and oxygen atoms in total. The summed E-state index contributed by atoms with van der Waals surface area (Å²) in [6, 6.07) is 9.40. The molecule has 0 saturated heterocycles. The Kier molecular flexibility index (Phi) is 4.19. The van der Waals surface area contributed by atoms with Gasteiger partial charge < -0.3 is 5.11 Å². The highest BCUT2D eigenvalue weighted by molar-refractivity contribution is 6.32. The van der Waals surface area contributed by atoms with Crippen LogP contribution in [0.2, 0.25) is 10.0 Å². The number of hydrogen-bond acceptors (Lipinski definition) is 1. The van der Waals surface area contributed by atoms with Crippen LogP contribution < -0.4 is 0 Å². The lowest BCUT2D eigenvalue weighted by Gasteiger charge is -2.16. The monoisotopic (exact) mass is 294 g/mol. The fourth-order valence-electron chi connectivity index (χ4n) is 2.03. The Morgan fingerprint density at radius 1 is 0.842 bits per heavy atom. The predicted molar refractivity (Wildman–Crippen MR) is 81.2 cm³/mol. The van der Waals surface area contributed by atoms with Crippen molar-refractivity contribution in [1.29, 1.82) is 0 Å². The van der Waals surface area contributed by atoms with Gasteiger partial charge in [-0.15, -0.1) is 0 Å². The second kappa shape index (κ2) is 5.54. The van der Waals surface area contributed by atoms with Crippen molar-refractivity contribution < 1.29 is 5.11 Å². The van der Waals surface area contributed by atoms with E-state index in [1.165, 1.54) is 0 Å². The van der Waals surface area contributed by atoms with Gasteiger partial charge in [-0.2, -0.15) is 0 Å². The quantitative estimate of drug-likeness (QED) is 0.826. The molecule has 1 unspecified atom stereocenters. The summed E-state index contributed by atoms with van der Waals surface area (Å²) in [5, 5.41) is 11.6. The molecule has 0 heterocycles. The number of benzene rings is 2. The molecule has 0 aliphatic rings. The molecule has 2 aromatic rings. The Bertz CT molecular complexity index is 620. The predicted octanol–water partition coefficient (Wildman–Crippen LogP) is 5.00. The lowest BCUT2D eigenvalue weighted by atomic mass is 9.97. The Labute approximate surface area is 123 Å². The lowest BCUT2D eigenvalue weighted by Crippen LogP contribution is -2.03. The van der Waals surface area contributed by atoms with Crippen LogP contribution >= 0.6 is 23.2 Å². The van der Waals surface area contributed by atoms with E-state index in [1.54, 1.807) is 0 Å². The second-order valence-corrected chi connectivity index (χ2v) is 5.70. The minimum Gasteiger partial charge on any atom is -0.384 e. The van der Waals surface area contributed by atoms with Gasteiger partial charge in [0, 0.05) is 21.2 Å². The molecule has 0 aliphatic heterocycles. The molecule has 2 aromatic carbocycles. The molecule has 0 fully saturated rings. The summed E-state index contributed by atoms with van der Waals surface area (Å²) in [4.78, 5) is 0. The van der Waals surface area contributed by atoms with E-state index >= 15 is 0 Å². The highest BCUT2D eigenvalue weighted by atomic mass is 35.5. The maximum Gasteiger partial charge on any atom is 0.107 e. The van der Waals surface area contributed by atoms with Crippen LogP contribution in [0.25, 0.3) is 0 Å². The molecule has 0 bridgehead atoms. The van der Waals surface area contributed by atoms with Crippen LogP contribution in [0, 0.1) is 20.8 Å². The highest BCUT2D eigenvalue weighted by Crippen LogP contribution is 2.34. The molecule has 0 amide bonds. The summed E-state index contributed by atoms with van der Waals surface area (Å²) < 4.78 is 0. The van der Waals surface area contributed by atoms with Crippen molar-refractivity contribution in [3.63, 3.8) is 0 Å². The summed E-state index contributed by atoms with van der Waals surface area (Å²) in [6.07, 6.45) is -0.806. The number of hydrogen-bond donors (Lipinski definition) is 1. The van der Waals surface area contributed by atoms with Gasteiger partial charge >= 0.3 is 0 Å². The van der Waals surface area contributed by atoms with Crippen molar-refractivity contribution in [3.05, 3.63) is 68.2 Å². The van der Waals surface area contributed by atoms with Crippen LogP contribution in [-0.4, -0.2) is 5.11 Å². The summed E-state index contributed by atoms with van der Waals surface area (Å²) in [5.74, 6) is 0. The topological polar surface area (TPSA) is 20.2 Å². The Morgan fingerprint density at radius 3 is 2.05 bits per heavy atom. The normalized spacial score (nSPS) is 12.5. The van der Waals surface area contributed by atoms with Gasteiger partial charge in [-0.3, -0.25) is 0 Å². The lowest BCUT2D eigenvalue weighted by molar-refractivity contribution is 0.220. The van der Waals surface area contributed by atoms with Crippen molar-refractivity contribution in [1.82, 2.24) is 0 Å². The summed E-state index contributed by atoms with van der Waals surface area (Å²) >= 11 is 12.4. The summed E-state index contributed by atoms with van der Waals surface area (Å²) in [7, 11) is 0. The molecule has 100 valence electrons. The van der Waals surface area contributed by atoms with E-state index in [0.29, 0.717) is 21.2 Å².